The Labute approximate surface area is 111 Å². The molecule has 0 bridgehead atoms. The van der Waals surface area contributed by atoms with E-state index in [0.717, 1.165) is 36.8 Å². The number of aromatic nitrogens is 1. The second-order valence-corrected chi connectivity index (χ2v) is 4.89. The number of aromatic amines is 1. The van der Waals surface area contributed by atoms with Crippen LogP contribution >= 0.6 is 0 Å². The Bertz CT molecular complexity index is 642. The molecule has 3 rings (SSSR count). The maximum Gasteiger partial charge on any atom is 0.337 e. The molecular weight excluding hydrogens is 242 g/mol. The smallest absolute Gasteiger partial charge is 0.337 e. The minimum absolute atomic E-state index is 0.327. The molecule has 1 aromatic carbocycles. The summed E-state index contributed by atoms with van der Waals surface area (Å²) < 4.78 is 5.67. The van der Waals surface area contributed by atoms with E-state index in [1.54, 1.807) is 12.1 Å². The number of carboxylic acids is 1. The number of rotatable bonds is 3. The summed E-state index contributed by atoms with van der Waals surface area (Å²) in [4.78, 5) is 14.6. The molecule has 1 heterocycles. The molecule has 1 aliphatic rings. The van der Waals surface area contributed by atoms with Gasteiger partial charge in [0.15, 0.2) is 0 Å². The predicted octanol–water partition coefficient (Wildman–Crippen LogP) is 3.14. The lowest BCUT2D eigenvalue weighted by Gasteiger charge is -2.12. The topological polar surface area (TPSA) is 62.3 Å². The number of carbonyl (C=O) groups is 1. The van der Waals surface area contributed by atoms with Gasteiger partial charge in [0.2, 0.25) is 0 Å². The van der Waals surface area contributed by atoms with Crippen molar-refractivity contribution < 1.29 is 14.6 Å². The first-order valence-electron chi connectivity index (χ1n) is 6.75. The number of aryl methyl sites for hydroxylation is 2. The highest BCUT2D eigenvalue weighted by atomic mass is 16.5. The normalized spacial score (nSPS) is 14.4. The van der Waals surface area contributed by atoms with Crippen LogP contribution in [0.4, 0.5) is 0 Å². The van der Waals surface area contributed by atoms with Crippen LogP contribution in [0, 0.1) is 0 Å². The molecule has 0 fully saturated rings. The summed E-state index contributed by atoms with van der Waals surface area (Å²) in [5.41, 5.74) is 3.46. The highest BCUT2D eigenvalue weighted by molar-refractivity contribution is 6.05. The number of fused-ring (bicyclic) bond motifs is 3. The molecule has 100 valence electrons. The van der Waals surface area contributed by atoms with Crippen molar-refractivity contribution in [1.82, 2.24) is 4.98 Å². The maximum atomic E-state index is 11.3. The zero-order valence-electron chi connectivity index (χ0n) is 11.0. The fraction of sp³-hybridized carbons (Fsp3) is 0.400. The molecule has 0 aliphatic heterocycles. The number of benzene rings is 1. The molecule has 0 atom stereocenters. The van der Waals surface area contributed by atoms with Gasteiger partial charge in [-0.05, 0) is 50.3 Å². The number of aromatic carboxylic acids is 1. The second kappa shape index (κ2) is 4.61. The van der Waals surface area contributed by atoms with Crippen molar-refractivity contribution in [3.05, 3.63) is 29.0 Å². The number of nitrogens with one attached hydrogen (secondary N) is 1. The average molecular weight is 259 g/mol. The van der Waals surface area contributed by atoms with Crippen molar-refractivity contribution in [2.75, 3.05) is 6.61 Å². The monoisotopic (exact) mass is 259 g/mol. The van der Waals surface area contributed by atoms with Gasteiger partial charge in [0.1, 0.15) is 5.75 Å². The van der Waals surface area contributed by atoms with Crippen molar-refractivity contribution in [3.8, 4) is 5.75 Å². The largest absolute Gasteiger partial charge is 0.493 e. The van der Waals surface area contributed by atoms with Crippen LogP contribution in [0.2, 0.25) is 0 Å². The highest BCUT2D eigenvalue weighted by Gasteiger charge is 2.22. The Morgan fingerprint density at radius 3 is 2.89 bits per heavy atom. The molecule has 0 saturated carbocycles. The van der Waals surface area contributed by atoms with E-state index in [2.05, 4.69) is 4.98 Å². The van der Waals surface area contributed by atoms with E-state index in [0.29, 0.717) is 17.7 Å². The molecule has 0 unspecified atom stereocenters. The Morgan fingerprint density at radius 1 is 1.37 bits per heavy atom. The van der Waals surface area contributed by atoms with E-state index in [9.17, 15) is 9.90 Å². The molecule has 1 aliphatic carbocycles. The minimum atomic E-state index is -0.897. The van der Waals surface area contributed by atoms with Gasteiger partial charge in [-0.15, -0.1) is 0 Å². The lowest BCUT2D eigenvalue weighted by Crippen LogP contribution is -2.01. The number of carboxylic acid groups (broad SMARTS) is 1. The van der Waals surface area contributed by atoms with E-state index >= 15 is 0 Å². The summed E-state index contributed by atoms with van der Waals surface area (Å²) in [5.74, 6) is -0.103. The number of hydrogen-bond acceptors (Lipinski definition) is 2. The molecule has 4 heteroatoms. The lowest BCUT2D eigenvalue weighted by atomic mass is 9.95. The van der Waals surface area contributed by atoms with Gasteiger partial charge in [-0.2, -0.15) is 0 Å². The summed E-state index contributed by atoms with van der Waals surface area (Å²) in [6.45, 7) is 2.53. The molecule has 0 spiro atoms. The average Bonchev–Trinajstić information content (AvgIpc) is 2.78. The first-order chi connectivity index (χ1) is 9.22. The Kier molecular flexibility index (Phi) is 2.93. The summed E-state index contributed by atoms with van der Waals surface area (Å²) in [6.07, 6.45) is 4.31. The van der Waals surface area contributed by atoms with Crippen LogP contribution in [0.1, 0.15) is 41.4 Å². The standard InChI is InChI=1S/C15H17NO3/c1-2-19-12-8-7-10(15(17)18)14-13(12)9-5-3-4-6-11(9)16-14/h7-8,16H,2-6H2,1H3,(H,17,18). The molecule has 4 nitrogen and oxygen atoms in total. The fourth-order valence-corrected chi connectivity index (χ4v) is 2.94. The van der Waals surface area contributed by atoms with Crippen LogP contribution in [0.15, 0.2) is 12.1 Å². The molecule has 2 aromatic rings. The van der Waals surface area contributed by atoms with Gasteiger partial charge in [0.25, 0.3) is 0 Å². The summed E-state index contributed by atoms with van der Waals surface area (Å²) in [5, 5.41) is 10.3. The van der Waals surface area contributed by atoms with Crippen molar-refractivity contribution in [2.24, 2.45) is 0 Å². The number of ether oxygens (including phenoxy) is 1. The predicted molar refractivity (Wildman–Crippen MR) is 73.1 cm³/mol. The fourth-order valence-electron chi connectivity index (χ4n) is 2.94. The van der Waals surface area contributed by atoms with E-state index in [-0.39, 0.29) is 0 Å². The molecule has 0 saturated heterocycles. The SMILES string of the molecule is CCOc1ccc(C(=O)O)c2[nH]c3c(c12)CCCC3. The Hall–Kier alpha value is -1.97. The summed E-state index contributed by atoms with van der Waals surface area (Å²) in [6, 6.07) is 3.40. The van der Waals surface area contributed by atoms with Gasteiger partial charge in [0, 0.05) is 11.1 Å². The van der Waals surface area contributed by atoms with Crippen LogP contribution in [0.5, 0.6) is 5.75 Å². The molecule has 0 amide bonds. The molecule has 19 heavy (non-hydrogen) atoms. The van der Waals surface area contributed by atoms with Gasteiger partial charge in [0.05, 0.1) is 17.7 Å². The van der Waals surface area contributed by atoms with Gasteiger partial charge < -0.3 is 14.8 Å². The summed E-state index contributed by atoms with van der Waals surface area (Å²) in [7, 11) is 0. The molecular formula is C15H17NO3. The van der Waals surface area contributed by atoms with Crippen LogP contribution in [-0.4, -0.2) is 22.7 Å². The molecule has 1 aromatic heterocycles. The number of hydrogen-bond donors (Lipinski definition) is 2. The van der Waals surface area contributed by atoms with Crippen molar-refractivity contribution in [3.63, 3.8) is 0 Å². The van der Waals surface area contributed by atoms with E-state index < -0.39 is 5.97 Å². The summed E-state index contributed by atoms with van der Waals surface area (Å²) >= 11 is 0. The van der Waals surface area contributed by atoms with E-state index in [1.165, 1.54) is 11.3 Å². The Balaban J connectivity index is 2.31. The van der Waals surface area contributed by atoms with Crippen molar-refractivity contribution in [1.29, 1.82) is 0 Å². The van der Waals surface area contributed by atoms with Crippen LogP contribution in [0.3, 0.4) is 0 Å². The zero-order valence-corrected chi connectivity index (χ0v) is 11.0. The van der Waals surface area contributed by atoms with Crippen molar-refractivity contribution in [2.45, 2.75) is 32.6 Å². The van der Waals surface area contributed by atoms with E-state index in [1.807, 2.05) is 6.92 Å². The molecule has 2 N–H and O–H groups in total. The first-order valence-corrected chi connectivity index (χ1v) is 6.75. The Morgan fingerprint density at radius 2 is 2.16 bits per heavy atom. The number of H-pyrrole nitrogens is 1. The third kappa shape index (κ3) is 1.87. The highest BCUT2D eigenvalue weighted by Crippen LogP contribution is 2.37. The first kappa shape index (κ1) is 12.1. The minimum Gasteiger partial charge on any atom is -0.493 e. The zero-order chi connectivity index (χ0) is 13.4. The maximum absolute atomic E-state index is 11.3. The van der Waals surface area contributed by atoms with Crippen LogP contribution in [0.25, 0.3) is 10.9 Å². The van der Waals surface area contributed by atoms with Crippen molar-refractivity contribution >= 4 is 16.9 Å². The van der Waals surface area contributed by atoms with Crippen LogP contribution < -0.4 is 4.74 Å². The van der Waals surface area contributed by atoms with Gasteiger partial charge in [-0.1, -0.05) is 0 Å². The third-order valence-corrected chi connectivity index (χ3v) is 3.74. The lowest BCUT2D eigenvalue weighted by molar-refractivity contribution is 0.0699. The van der Waals surface area contributed by atoms with Gasteiger partial charge in [-0.25, -0.2) is 4.79 Å². The van der Waals surface area contributed by atoms with E-state index in [4.69, 9.17) is 4.74 Å². The van der Waals surface area contributed by atoms with Gasteiger partial charge in [-0.3, -0.25) is 0 Å². The van der Waals surface area contributed by atoms with Gasteiger partial charge >= 0.3 is 5.97 Å². The molecule has 0 radical (unpaired) electrons. The third-order valence-electron chi connectivity index (χ3n) is 3.74. The van der Waals surface area contributed by atoms with Crippen LogP contribution in [-0.2, 0) is 12.8 Å². The second-order valence-electron chi connectivity index (χ2n) is 4.89. The quantitative estimate of drug-likeness (QED) is 0.890.